The zero-order valence-corrected chi connectivity index (χ0v) is 15.1. The summed E-state index contributed by atoms with van der Waals surface area (Å²) in [6.45, 7) is 0. The van der Waals surface area contributed by atoms with Gasteiger partial charge < -0.3 is 10.1 Å². The van der Waals surface area contributed by atoms with E-state index in [4.69, 9.17) is 4.74 Å². The van der Waals surface area contributed by atoms with Crippen molar-refractivity contribution in [2.75, 3.05) is 26.5 Å². The second-order valence-electron chi connectivity index (χ2n) is 5.38. The van der Waals surface area contributed by atoms with E-state index in [0.29, 0.717) is 11.4 Å². The summed E-state index contributed by atoms with van der Waals surface area (Å²) in [6, 6.07) is 13.4. The van der Waals surface area contributed by atoms with Crippen molar-refractivity contribution in [2.45, 2.75) is 4.90 Å². The number of para-hydroxylation sites is 1. The Labute approximate surface area is 147 Å². The fraction of sp³-hybridized carbons (Fsp3) is 0.167. The number of nitrogens with one attached hydrogen (secondary N) is 1. The van der Waals surface area contributed by atoms with Gasteiger partial charge in [-0.1, -0.05) is 24.3 Å². The van der Waals surface area contributed by atoms with E-state index in [0.717, 1.165) is 9.87 Å². The molecule has 0 aliphatic heterocycles. The van der Waals surface area contributed by atoms with Crippen molar-refractivity contribution in [1.82, 2.24) is 4.31 Å². The van der Waals surface area contributed by atoms with Crippen LogP contribution in [0.5, 0.6) is 5.75 Å². The molecule has 1 amide bonds. The summed E-state index contributed by atoms with van der Waals surface area (Å²) in [7, 11) is 0.917. The first-order chi connectivity index (χ1) is 11.8. The Morgan fingerprint density at radius 3 is 2.52 bits per heavy atom. The molecule has 0 aliphatic rings. The third-order valence-corrected chi connectivity index (χ3v) is 5.24. The van der Waals surface area contributed by atoms with E-state index < -0.39 is 10.0 Å². The van der Waals surface area contributed by atoms with Crippen LogP contribution in [0, 0.1) is 0 Å². The molecule has 7 heteroatoms. The van der Waals surface area contributed by atoms with E-state index in [9.17, 15) is 13.2 Å². The van der Waals surface area contributed by atoms with Crippen LogP contribution in [-0.4, -0.2) is 39.8 Å². The molecule has 6 nitrogen and oxygen atoms in total. The molecule has 0 saturated carbocycles. The van der Waals surface area contributed by atoms with Crippen LogP contribution in [0.4, 0.5) is 5.69 Å². The second kappa shape index (κ2) is 7.96. The number of methoxy groups -OCH3 is 1. The van der Waals surface area contributed by atoms with E-state index in [-0.39, 0.29) is 10.8 Å². The van der Waals surface area contributed by atoms with Crippen LogP contribution in [0.1, 0.15) is 5.56 Å². The van der Waals surface area contributed by atoms with Gasteiger partial charge in [0, 0.05) is 31.4 Å². The van der Waals surface area contributed by atoms with Gasteiger partial charge in [0.15, 0.2) is 0 Å². The average molecular weight is 360 g/mol. The van der Waals surface area contributed by atoms with Gasteiger partial charge in [0.05, 0.1) is 12.0 Å². The zero-order chi connectivity index (χ0) is 18.4. The van der Waals surface area contributed by atoms with Gasteiger partial charge in [-0.15, -0.1) is 0 Å². The summed E-state index contributed by atoms with van der Waals surface area (Å²) < 4.78 is 30.6. The molecular formula is C18H20N2O4S. The molecule has 0 saturated heterocycles. The van der Waals surface area contributed by atoms with Crippen molar-refractivity contribution >= 4 is 27.7 Å². The lowest BCUT2D eigenvalue weighted by Gasteiger charge is -2.12. The molecule has 2 rings (SSSR count). The first-order valence-corrected chi connectivity index (χ1v) is 8.93. The average Bonchev–Trinajstić information content (AvgIpc) is 2.60. The monoisotopic (exact) mass is 360 g/mol. The van der Waals surface area contributed by atoms with E-state index in [1.54, 1.807) is 31.4 Å². The van der Waals surface area contributed by atoms with Crippen LogP contribution in [0.15, 0.2) is 59.5 Å². The minimum absolute atomic E-state index is 0.115. The fourth-order valence-corrected chi connectivity index (χ4v) is 3.05. The van der Waals surface area contributed by atoms with E-state index in [1.165, 1.54) is 32.3 Å². The maximum atomic E-state index is 12.1. The Balaban J connectivity index is 2.15. The molecule has 0 fully saturated rings. The van der Waals surface area contributed by atoms with Gasteiger partial charge in [-0.2, -0.15) is 0 Å². The number of nitrogens with zero attached hydrogens (tertiary/aromatic N) is 1. The maximum absolute atomic E-state index is 12.1. The molecule has 0 unspecified atom stereocenters. The molecule has 0 radical (unpaired) electrons. The lowest BCUT2D eigenvalue weighted by atomic mass is 10.2. The smallest absolute Gasteiger partial charge is 0.248 e. The summed E-state index contributed by atoms with van der Waals surface area (Å²) in [5.74, 6) is 0.288. The van der Waals surface area contributed by atoms with Crippen molar-refractivity contribution in [3.8, 4) is 5.75 Å². The van der Waals surface area contributed by atoms with E-state index >= 15 is 0 Å². The number of carbonyl (C=O) groups excluding carboxylic acids is 1. The second-order valence-corrected chi connectivity index (χ2v) is 7.53. The van der Waals surface area contributed by atoms with Gasteiger partial charge >= 0.3 is 0 Å². The number of carbonyl (C=O) groups is 1. The van der Waals surface area contributed by atoms with Crippen molar-refractivity contribution in [1.29, 1.82) is 0 Å². The van der Waals surface area contributed by atoms with Crippen molar-refractivity contribution in [2.24, 2.45) is 0 Å². The lowest BCUT2D eigenvalue weighted by Crippen LogP contribution is -2.22. The van der Waals surface area contributed by atoms with Crippen molar-refractivity contribution < 1.29 is 17.9 Å². The lowest BCUT2D eigenvalue weighted by molar-refractivity contribution is -0.111. The fourth-order valence-electron chi connectivity index (χ4n) is 2.10. The van der Waals surface area contributed by atoms with Crippen LogP contribution in [0.3, 0.4) is 0 Å². The van der Waals surface area contributed by atoms with Crippen LogP contribution >= 0.6 is 0 Å². The topological polar surface area (TPSA) is 75.7 Å². The van der Waals surface area contributed by atoms with Crippen LogP contribution < -0.4 is 10.1 Å². The van der Waals surface area contributed by atoms with Gasteiger partial charge in [-0.3, -0.25) is 4.79 Å². The predicted octanol–water partition coefficient (Wildman–Crippen LogP) is 2.60. The summed E-state index contributed by atoms with van der Waals surface area (Å²) >= 11 is 0. The normalized spacial score (nSPS) is 11.7. The highest BCUT2D eigenvalue weighted by Gasteiger charge is 2.17. The Morgan fingerprint density at radius 1 is 1.12 bits per heavy atom. The molecule has 0 bridgehead atoms. The summed E-state index contributed by atoms with van der Waals surface area (Å²) in [4.78, 5) is 12.2. The van der Waals surface area contributed by atoms with E-state index in [1.807, 2.05) is 18.2 Å². The molecule has 0 aliphatic carbocycles. The van der Waals surface area contributed by atoms with Gasteiger partial charge in [0.25, 0.3) is 0 Å². The highest BCUT2D eigenvalue weighted by molar-refractivity contribution is 7.89. The number of benzene rings is 2. The van der Waals surface area contributed by atoms with Gasteiger partial charge in [-0.25, -0.2) is 12.7 Å². The minimum Gasteiger partial charge on any atom is -0.496 e. The van der Waals surface area contributed by atoms with Gasteiger partial charge in [0.2, 0.25) is 15.9 Å². The molecule has 132 valence electrons. The Morgan fingerprint density at radius 2 is 1.84 bits per heavy atom. The Hall–Kier alpha value is -2.64. The SMILES string of the molecule is COc1ccccc1/C=C/C(=O)Nc1cccc(S(=O)(=O)N(C)C)c1. The molecule has 1 N–H and O–H groups in total. The van der Waals surface area contributed by atoms with Crippen LogP contribution in [0.2, 0.25) is 0 Å². The number of ether oxygens (including phenoxy) is 1. The molecular weight excluding hydrogens is 340 g/mol. The highest BCUT2D eigenvalue weighted by atomic mass is 32.2. The largest absolute Gasteiger partial charge is 0.496 e. The van der Waals surface area contributed by atoms with Crippen molar-refractivity contribution in [3.63, 3.8) is 0 Å². The Bertz CT molecular complexity index is 889. The molecule has 0 heterocycles. The number of hydrogen-bond donors (Lipinski definition) is 1. The highest BCUT2D eigenvalue weighted by Crippen LogP contribution is 2.20. The molecule has 2 aromatic rings. The van der Waals surface area contributed by atoms with Gasteiger partial charge in [-0.05, 0) is 30.3 Å². The molecule has 25 heavy (non-hydrogen) atoms. The number of amides is 1. The van der Waals surface area contributed by atoms with Crippen molar-refractivity contribution in [3.05, 3.63) is 60.2 Å². The molecule has 2 aromatic carbocycles. The van der Waals surface area contributed by atoms with Crippen LogP contribution in [0.25, 0.3) is 6.08 Å². The first-order valence-electron chi connectivity index (χ1n) is 7.49. The first kappa shape index (κ1) is 18.7. The molecule has 0 aromatic heterocycles. The number of sulfonamides is 1. The zero-order valence-electron chi connectivity index (χ0n) is 14.3. The number of anilines is 1. The third kappa shape index (κ3) is 4.68. The number of hydrogen-bond acceptors (Lipinski definition) is 4. The van der Waals surface area contributed by atoms with E-state index in [2.05, 4.69) is 5.32 Å². The van der Waals surface area contributed by atoms with Gasteiger partial charge in [0.1, 0.15) is 5.75 Å². The summed E-state index contributed by atoms with van der Waals surface area (Å²) in [6.07, 6.45) is 3.00. The standard InChI is InChI=1S/C18H20N2O4S/c1-20(2)25(22,23)16-9-6-8-15(13-16)19-18(21)12-11-14-7-4-5-10-17(14)24-3/h4-13H,1-3H3,(H,19,21)/b12-11+. The molecule has 0 atom stereocenters. The quantitative estimate of drug-likeness (QED) is 0.804. The third-order valence-electron chi connectivity index (χ3n) is 3.43. The number of rotatable bonds is 6. The summed E-state index contributed by atoms with van der Waals surface area (Å²) in [5, 5.41) is 2.65. The Kier molecular flexibility index (Phi) is 5.95. The maximum Gasteiger partial charge on any atom is 0.248 e. The molecule has 0 spiro atoms. The predicted molar refractivity (Wildman–Crippen MR) is 98.0 cm³/mol. The minimum atomic E-state index is -3.55. The summed E-state index contributed by atoms with van der Waals surface area (Å²) in [5.41, 5.74) is 1.17. The van der Waals surface area contributed by atoms with Crippen LogP contribution in [-0.2, 0) is 14.8 Å².